The lowest BCUT2D eigenvalue weighted by Gasteiger charge is -2.12. The van der Waals surface area contributed by atoms with Crippen molar-refractivity contribution < 1.29 is 14.3 Å². The second-order valence-corrected chi connectivity index (χ2v) is 7.54. The molecule has 4 nitrogen and oxygen atoms in total. The van der Waals surface area contributed by atoms with Gasteiger partial charge in [-0.15, -0.1) is 0 Å². The third-order valence-corrected chi connectivity index (χ3v) is 4.41. The van der Waals surface area contributed by atoms with Crippen LogP contribution in [0.3, 0.4) is 0 Å². The highest BCUT2D eigenvalue weighted by atomic mass is 16.5. The molecule has 0 aromatic heterocycles. The SMILES string of the molecule is COc1cc(/C=C/C(=O)Nc2ccc(C(C)C)cc2)ccc1OCCC(C)C. The van der Waals surface area contributed by atoms with Crippen molar-refractivity contribution in [2.24, 2.45) is 5.92 Å². The van der Waals surface area contributed by atoms with E-state index in [0.717, 1.165) is 23.4 Å². The summed E-state index contributed by atoms with van der Waals surface area (Å²) in [6.07, 6.45) is 4.27. The molecule has 0 saturated heterocycles. The molecule has 0 aliphatic carbocycles. The van der Waals surface area contributed by atoms with Crippen molar-refractivity contribution in [2.75, 3.05) is 19.0 Å². The van der Waals surface area contributed by atoms with Crippen LogP contribution in [0.25, 0.3) is 6.08 Å². The van der Waals surface area contributed by atoms with Crippen LogP contribution >= 0.6 is 0 Å². The lowest BCUT2D eigenvalue weighted by Crippen LogP contribution is -2.07. The number of ether oxygens (including phenoxy) is 2. The van der Waals surface area contributed by atoms with E-state index in [1.165, 1.54) is 11.6 Å². The topological polar surface area (TPSA) is 47.6 Å². The Hall–Kier alpha value is -2.75. The van der Waals surface area contributed by atoms with Crippen LogP contribution in [0.5, 0.6) is 11.5 Å². The molecule has 150 valence electrons. The van der Waals surface area contributed by atoms with Crippen LogP contribution in [0.1, 0.15) is 51.2 Å². The van der Waals surface area contributed by atoms with Crippen molar-refractivity contribution in [3.63, 3.8) is 0 Å². The first-order valence-electron chi connectivity index (χ1n) is 9.79. The molecule has 1 N–H and O–H groups in total. The van der Waals surface area contributed by atoms with Gasteiger partial charge >= 0.3 is 0 Å². The molecular formula is C24H31NO3. The van der Waals surface area contributed by atoms with Crippen LogP contribution in [0, 0.1) is 5.92 Å². The molecule has 0 heterocycles. The Balaban J connectivity index is 1.97. The van der Waals surface area contributed by atoms with E-state index in [1.54, 1.807) is 13.2 Å². The second kappa shape index (κ2) is 10.5. The maximum atomic E-state index is 12.2. The van der Waals surface area contributed by atoms with E-state index >= 15 is 0 Å². The number of benzene rings is 2. The number of carbonyl (C=O) groups excluding carboxylic acids is 1. The Bertz CT molecular complexity index is 792. The van der Waals surface area contributed by atoms with Crippen LogP contribution in [-0.2, 0) is 4.79 Å². The zero-order chi connectivity index (χ0) is 20.5. The molecule has 2 aromatic carbocycles. The summed E-state index contributed by atoms with van der Waals surface area (Å²) in [5.41, 5.74) is 2.90. The highest BCUT2D eigenvalue weighted by Crippen LogP contribution is 2.29. The molecule has 28 heavy (non-hydrogen) atoms. The van der Waals surface area contributed by atoms with Gasteiger partial charge in [0.15, 0.2) is 11.5 Å². The van der Waals surface area contributed by atoms with Gasteiger partial charge in [-0.3, -0.25) is 4.79 Å². The fourth-order valence-electron chi connectivity index (χ4n) is 2.62. The summed E-state index contributed by atoms with van der Waals surface area (Å²) in [4.78, 5) is 12.2. The fraction of sp³-hybridized carbons (Fsp3) is 0.375. The normalized spacial score (nSPS) is 11.2. The highest BCUT2D eigenvalue weighted by molar-refractivity contribution is 6.01. The van der Waals surface area contributed by atoms with E-state index in [1.807, 2.05) is 42.5 Å². The summed E-state index contributed by atoms with van der Waals surface area (Å²) < 4.78 is 11.2. The van der Waals surface area contributed by atoms with Crippen LogP contribution in [-0.4, -0.2) is 19.6 Å². The molecule has 0 saturated carbocycles. The van der Waals surface area contributed by atoms with E-state index in [2.05, 4.69) is 33.0 Å². The first-order valence-corrected chi connectivity index (χ1v) is 9.79. The maximum absolute atomic E-state index is 12.2. The average Bonchev–Trinajstić information content (AvgIpc) is 2.67. The van der Waals surface area contributed by atoms with E-state index in [0.29, 0.717) is 24.2 Å². The quantitative estimate of drug-likeness (QED) is 0.551. The van der Waals surface area contributed by atoms with Crippen molar-refractivity contribution in [2.45, 2.75) is 40.0 Å². The van der Waals surface area contributed by atoms with Crippen LogP contribution in [0.15, 0.2) is 48.5 Å². The average molecular weight is 382 g/mol. The molecule has 0 aliphatic rings. The van der Waals surface area contributed by atoms with Gasteiger partial charge in [0.05, 0.1) is 13.7 Å². The number of rotatable bonds is 9. The first kappa shape index (κ1) is 21.5. The second-order valence-electron chi connectivity index (χ2n) is 7.54. The fourth-order valence-corrected chi connectivity index (χ4v) is 2.62. The van der Waals surface area contributed by atoms with Crippen LogP contribution < -0.4 is 14.8 Å². The standard InChI is InChI=1S/C24H31NO3/c1-17(2)14-15-28-22-12-6-19(16-23(22)27-5)7-13-24(26)25-21-10-8-20(9-11-21)18(3)4/h6-13,16-18H,14-15H2,1-5H3,(H,25,26)/b13-7+. The molecule has 2 aromatic rings. The number of nitrogens with one attached hydrogen (secondary N) is 1. The number of carbonyl (C=O) groups is 1. The van der Waals surface area contributed by atoms with Gasteiger partial charge in [-0.1, -0.05) is 45.9 Å². The summed E-state index contributed by atoms with van der Waals surface area (Å²) >= 11 is 0. The van der Waals surface area contributed by atoms with E-state index in [4.69, 9.17) is 9.47 Å². The number of hydrogen-bond acceptors (Lipinski definition) is 3. The maximum Gasteiger partial charge on any atom is 0.248 e. The minimum Gasteiger partial charge on any atom is -0.493 e. The molecule has 0 fully saturated rings. The van der Waals surface area contributed by atoms with Gasteiger partial charge in [-0.25, -0.2) is 0 Å². The molecule has 0 radical (unpaired) electrons. The summed E-state index contributed by atoms with van der Waals surface area (Å²) in [6.45, 7) is 9.27. The summed E-state index contributed by atoms with van der Waals surface area (Å²) in [5, 5.41) is 2.88. The number of anilines is 1. The van der Waals surface area contributed by atoms with Crippen molar-refractivity contribution in [3.05, 3.63) is 59.7 Å². The highest BCUT2D eigenvalue weighted by Gasteiger charge is 2.06. The van der Waals surface area contributed by atoms with Crippen molar-refractivity contribution in [1.82, 2.24) is 0 Å². The number of hydrogen-bond donors (Lipinski definition) is 1. The largest absolute Gasteiger partial charge is 0.493 e. The Kier molecular flexibility index (Phi) is 8.12. The lowest BCUT2D eigenvalue weighted by molar-refractivity contribution is -0.111. The van der Waals surface area contributed by atoms with Gasteiger partial charge in [-0.2, -0.15) is 0 Å². The zero-order valence-corrected chi connectivity index (χ0v) is 17.5. The summed E-state index contributed by atoms with van der Waals surface area (Å²) in [6, 6.07) is 13.6. The van der Waals surface area contributed by atoms with Crippen LogP contribution in [0.2, 0.25) is 0 Å². The molecule has 4 heteroatoms. The Morgan fingerprint density at radius 2 is 1.75 bits per heavy atom. The van der Waals surface area contributed by atoms with Crippen molar-refractivity contribution in [1.29, 1.82) is 0 Å². The van der Waals surface area contributed by atoms with Gasteiger partial charge in [0, 0.05) is 11.8 Å². The minimum atomic E-state index is -0.173. The number of methoxy groups -OCH3 is 1. The molecule has 0 bridgehead atoms. The Labute approximate surface area is 168 Å². The van der Waals surface area contributed by atoms with E-state index in [-0.39, 0.29) is 5.91 Å². The predicted octanol–water partition coefficient (Wildman–Crippen LogP) is 5.90. The van der Waals surface area contributed by atoms with Crippen molar-refractivity contribution in [3.8, 4) is 11.5 Å². The predicted molar refractivity (Wildman–Crippen MR) is 116 cm³/mol. The molecule has 0 atom stereocenters. The molecule has 2 rings (SSSR count). The molecular weight excluding hydrogens is 350 g/mol. The van der Waals surface area contributed by atoms with E-state index < -0.39 is 0 Å². The van der Waals surface area contributed by atoms with Gasteiger partial charge in [0.1, 0.15) is 0 Å². The third kappa shape index (κ3) is 6.76. The lowest BCUT2D eigenvalue weighted by atomic mass is 10.0. The van der Waals surface area contributed by atoms with Gasteiger partial charge in [-0.05, 0) is 59.7 Å². The molecule has 0 unspecified atom stereocenters. The minimum absolute atomic E-state index is 0.173. The monoisotopic (exact) mass is 381 g/mol. The third-order valence-electron chi connectivity index (χ3n) is 4.41. The summed E-state index contributed by atoms with van der Waals surface area (Å²) in [7, 11) is 1.62. The van der Waals surface area contributed by atoms with Gasteiger partial charge in [0.2, 0.25) is 5.91 Å². The van der Waals surface area contributed by atoms with Gasteiger partial charge in [0.25, 0.3) is 0 Å². The molecule has 0 aliphatic heterocycles. The molecule has 1 amide bonds. The number of amides is 1. The Morgan fingerprint density at radius 3 is 2.36 bits per heavy atom. The smallest absolute Gasteiger partial charge is 0.248 e. The van der Waals surface area contributed by atoms with Crippen LogP contribution in [0.4, 0.5) is 5.69 Å². The zero-order valence-electron chi connectivity index (χ0n) is 17.5. The van der Waals surface area contributed by atoms with Crippen molar-refractivity contribution >= 4 is 17.7 Å². The Morgan fingerprint density at radius 1 is 1.04 bits per heavy atom. The first-order chi connectivity index (χ1) is 13.4. The molecule has 0 spiro atoms. The van der Waals surface area contributed by atoms with E-state index in [9.17, 15) is 4.79 Å². The summed E-state index contributed by atoms with van der Waals surface area (Å²) in [5.74, 6) is 2.27. The van der Waals surface area contributed by atoms with Gasteiger partial charge < -0.3 is 14.8 Å².